The number of thioether (sulfide) groups is 1. The van der Waals surface area contributed by atoms with Gasteiger partial charge in [-0.3, -0.25) is 9.36 Å². The lowest BCUT2D eigenvalue weighted by atomic mass is 10.2. The molecule has 20 heavy (non-hydrogen) atoms. The molecule has 0 bridgehead atoms. The minimum absolute atomic E-state index is 0.00158. The van der Waals surface area contributed by atoms with Crippen molar-refractivity contribution in [2.24, 2.45) is 7.05 Å². The van der Waals surface area contributed by atoms with E-state index in [0.717, 1.165) is 15.7 Å². The van der Waals surface area contributed by atoms with Crippen LogP contribution >= 0.6 is 23.1 Å². The van der Waals surface area contributed by atoms with Crippen LogP contribution < -0.4 is 10.1 Å². The molecule has 2 heterocycles. The van der Waals surface area contributed by atoms with Crippen molar-refractivity contribution in [3.8, 4) is 5.69 Å². The lowest BCUT2D eigenvalue weighted by molar-refractivity contribution is -0.603. The van der Waals surface area contributed by atoms with Crippen molar-refractivity contribution in [1.29, 1.82) is 0 Å². The summed E-state index contributed by atoms with van der Waals surface area (Å²) in [5, 5.41) is 0. The van der Waals surface area contributed by atoms with Gasteiger partial charge in [0.25, 0.3) is 5.56 Å². The standard InChI is InChI=1S/C14H14N3OS2/c1-9-5-4-6-10(7-9)17-12-11(20-14(17)19-3)13(18)16(2)8-15-12/h4-8H,1-3H3/q+1. The van der Waals surface area contributed by atoms with Crippen molar-refractivity contribution in [3.63, 3.8) is 0 Å². The molecule has 0 aliphatic heterocycles. The molecular formula is C14H14N3OS2+. The van der Waals surface area contributed by atoms with Crippen LogP contribution in [-0.4, -0.2) is 15.8 Å². The van der Waals surface area contributed by atoms with E-state index in [-0.39, 0.29) is 5.56 Å². The molecule has 0 amide bonds. The van der Waals surface area contributed by atoms with Gasteiger partial charge in [-0.05, 0) is 35.9 Å². The van der Waals surface area contributed by atoms with Crippen LogP contribution in [0.5, 0.6) is 0 Å². The minimum atomic E-state index is 0.00158. The smallest absolute Gasteiger partial charge is 0.280 e. The molecule has 0 spiro atoms. The number of rotatable bonds is 2. The Morgan fingerprint density at radius 3 is 2.90 bits per heavy atom. The third-order valence-electron chi connectivity index (χ3n) is 3.09. The molecule has 0 saturated carbocycles. The van der Waals surface area contributed by atoms with E-state index < -0.39 is 0 Å². The summed E-state index contributed by atoms with van der Waals surface area (Å²) in [6.45, 7) is 2.06. The molecule has 1 aromatic carbocycles. The Labute approximate surface area is 124 Å². The molecule has 0 aliphatic carbocycles. The van der Waals surface area contributed by atoms with E-state index >= 15 is 0 Å². The summed E-state index contributed by atoms with van der Waals surface area (Å²) in [5.41, 5.74) is 2.96. The zero-order valence-corrected chi connectivity index (χ0v) is 13.1. The number of benzene rings is 1. The summed E-state index contributed by atoms with van der Waals surface area (Å²) in [5.74, 6) is 0. The predicted octanol–water partition coefficient (Wildman–Crippen LogP) is 2.30. The van der Waals surface area contributed by atoms with E-state index in [4.69, 9.17) is 0 Å². The van der Waals surface area contributed by atoms with Gasteiger partial charge in [-0.15, -0.1) is 0 Å². The number of thiazole rings is 1. The molecule has 0 aliphatic rings. The van der Waals surface area contributed by atoms with E-state index in [1.165, 1.54) is 21.5 Å². The van der Waals surface area contributed by atoms with Gasteiger partial charge >= 0.3 is 5.65 Å². The first kappa shape index (κ1) is 13.3. The van der Waals surface area contributed by atoms with Gasteiger partial charge in [0.2, 0.25) is 10.7 Å². The third kappa shape index (κ3) is 2.05. The number of aromatic nitrogens is 3. The molecule has 0 N–H and O–H groups in total. The maximum absolute atomic E-state index is 12.2. The molecule has 0 fully saturated rings. The fraction of sp³-hybridized carbons (Fsp3) is 0.214. The maximum Gasteiger partial charge on any atom is 0.354 e. The Kier molecular flexibility index (Phi) is 3.35. The van der Waals surface area contributed by atoms with Gasteiger partial charge in [0.1, 0.15) is 5.69 Å². The average molecular weight is 304 g/mol. The molecule has 2 aromatic heterocycles. The average Bonchev–Trinajstić information content (AvgIpc) is 2.82. The van der Waals surface area contributed by atoms with Gasteiger partial charge in [0, 0.05) is 7.05 Å². The Balaban J connectivity index is 2.40. The zero-order chi connectivity index (χ0) is 14.3. The number of fused-ring (bicyclic) bond motifs is 1. The summed E-state index contributed by atoms with van der Waals surface area (Å²) in [6.07, 6.45) is 3.59. The van der Waals surface area contributed by atoms with Gasteiger partial charge in [0.15, 0.2) is 4.70 Å². The molecule has 0 radical (unpaired) electrons. The predicted molar refractivity (Wildman–Crippen MR) is 82.9 cm³/mol. The number of hydrogen-bond acceptors (Lipinski definition) is 4. The van der Waals surface area contributed by atoms with Gasteiger partial charge in [-0.25, -0.2) is 0 Å². The first-order valence-electron chi connectivity index (χ1n) is 6.13. The highest BCUT2D eigenvalue weighted by Gasteiger charge is 2.24. The molecule has 6 heteroatoms. The fourth-order valence-corrected chi connectivity index (χ4v) is 3.99. The summed E-state index contributed by atoms with van der Waals surface area (Å²) >= 11 is 3.13. The van der Waals surface area contributed by atoms with E-state index in [1.807, 2.05) is 18.4 Å². The van der Waals surface area contributed by atoms with Crippen molar-refractivity contribution < 1.29 is 4.57 Å². The van der Waals surface area contributed by atoms with Crippen molar-refractivity contribution in [2.75, 3.05) is 6.26 Å². The highest BCUT2D eigenvalue weighted by atomic mass is 32.2. The molecular weight excluding hydrogens is 290 g/mol. The topological polar surface area (TPSA) is 38.8 Å². The van der Waals surface area contributed by atoms with Gasteiger partial charge in [-0.2, -0.15) is 4.57 Å². The number of hydrogen-bond donors (Lipinski definition) is 0. The van der Waals surface area contributed by atoms with E-state index in [1.54, 1.807) is 25.1 Å². The van der Waals surface area contributed by atoms with Crippen LogP contribution in [0, 0.1) is 6.92 Å². The van der Waals surface area contributed by atoms with E-state index in [2.05, 4.69) is 28.6 Å². The Hall–Kier alpha value is -1.66. The second-order valence-electron chi connectivity index (χ2n) is 4.56. The van der Waals surface area contributed by atoms with Gasteiger partial charge in [0.05, 0.1) is 0 Å². The lowest BCUT2D eigenvalue weighted by Crippen LogP contribution is -2.33. The lowest BCUT2D eigenvalue weighted by Gasteiger charge is -2.00. The highest BCUT2D eigenvalue weighted by molar-refractivity contribution is 8.00. The molecule has 0 saturated heterocycles. The Morgan fingerprint density at radius 2 is 2.20 bits per heavy atom. The van der Waals surface area contributed by atoms with Crippen LogP contribution in [0.1, 0.15) is 5.56 Å². The second-order valence-corrected chi connectivity index (χ2v) is 6.61. The SMILES string of the molecule is CSc1sc2c(=O)n(C)cnc2[n+]1-c1cccc(C)c1. The Bertz CT molecular complexity index is 851. The summed E-state index contributed by atoms with van der Waals surface area (Å²) in [4.78, 5) is 16.7. The van der Waals surface area contributed by atoms with Crippen LogP contribution in [0.15, 0.2) is 39.7 Å². The fourth-order valence-electron chi connectivity index (χ4n) is 2.10. The molecule has 4 nitrogen and oxygen atoms in total. The first-order valence-corrected chi connectivity index (χ1v) is 8.17. The second kappa shape index (κ2) is 5.03. The van der Waals surface area contributed by atoms with Crippen molar-refractivity contribution in [2.45, 2.75) is 11.3 Å². The molecule has 3 rings (SSSR count). The number of nitrogens with zero attached hydrogens (tertiary/aromatic N) is 3. The number of aryl methyl sites for hydroxylation is 2. The summed E-state index contributed by atoms with van der Waals surface area (Å²) in [6, 6.07) is 8.22. The third-order valence-corrected chi connectivity index (χ3v) is 5.29. The van der Waals surface area contributed by atoms with Gasteiger partial charge in [-0.1, -0.05) is 35.2 Å². The quantitative estimate of drug-likeness (QED) is 0.539. The Morgan fingerprint density at radius 1 is 1.40 bits per heavy atom. The van der Waals surface area contributed by atoms with Crippen molar-refractivity contribution in [3.05, 3.63) is 46.5 Å². The van der Waals surface area contributed by atoms with Crippen LogP contribution in [0.25, 0.3) is 16.0 Å². The summed E-state index contributed by atoms with van der Waals surface area (Å²) in [7, 11) is 1.73. The maximum atomic E-state index is 12.2. The molecule has 102 valence electrons. The first-order chi connectivity index (χ1) is 9.61. The monoisotopic (exact) mass is 304 g/mol. The van der Waals surface area contributed by atoms with Crippen molar-refractivity contribution >= 4 is 33.4 Å². The zero-order valence-electron chi connectivity index (χ0n) is 11.5. The summed E-state index contributed by atoms with van der Waals surface area (Å²) < 4.78 is 5.32. The van der Waals surface area contributed by atoms with Crippen LogP contribution in [-0.2, 0) is 7.05 Å². The molecule has 0 atom stereocenters. The van der Waals surface area contributed by atoms with E-state index in [9.17, 15) is 4.79 Å². The van der Waals surface area contributed by atoms with Crippen molar-refractivity contribution in [1.82, 2.24) is 9.55 Å². The van der Waals surface area contributed by atoms with E-state index in [0.29, 0.717) is 4.70 Å². The molecule has 3 aromatic rings. The van der Waals surface area contributed by atoms with Crippen LogP contribution in [0.4, 0.5) is 0 Å². The minimum Gasteiger partial charge on any atom is -0.280 e. The largest absolute Gasteiger partial charge is 0.354 e. The highest BCUT2D eigenvalue weighted by Crippen LogP contribution is 2.25. The van der Waals surface area contributed by atoms with Crippen LogP contribution in [0.3, 0.4) is 0 Å². The van der Waals surface area contributed by atoms with Gasteiger partial charge < -0.3 is 0 Å². The molecule has 0 unspecified atom stereocenters. The van der Waals surface area contributed by atoms with Crippen LogP contribution in [0.2, 0.25) is 0 Å². The normalized spacial score (nSPS) is 11.2.